The molecule has 0 atom stereocenters. The maximum atomic E-state index is 12.5. The summed E-state index contributed by atoms with van der Waals surface area (Å²) in [6.07, 6.45) is 2.98. The summed E-state index contributed by atoms with van der Waals surface area (Å²) in [4.78, 5) is 12.5. The molecular weight excluding hydrogens is 340 g/mol. The van der Waals surface area contributed by atoms with Gasteiger partial charge in [0.25, 0.3) is 0 Å². The molecule has 0 aliphatic heterocycles. The first-order valence-corrected chi connectivity index (χ1v) is 9.39. The summed E-state index contributed by atoms with van der Waals surface area (Å²) in [5.41, 5.74) is 4.28. The molecule has 0 spiro atoms. The Balaban J connectivity index is 1.67. The molecule has 144 valence electrons. The van der Waals surface area contributed by atoms with Crippen molar-refractivity contribution in [1.29, 1.82) is 0 Å². The smallest absolute Gasteiger partial charge is 0.319 e. The molecule has 0 saturated heterocycles. The first-order chi connectivity index (χ1) is 13.0. The lowest BCUT2D eigenvalue weighted by Gasteiger charge is -2.19. The first kappa shape index (κ1) is 19.1. The highest BCUT2D eigenvalue weighted by atomic mass is 16.5. The average Bonchev–Trinajstić information content (AvgIpc) is 3.48. The molecule has 5 heteroatoms. The van der Waals surface area contributed by atoms with Crippen LogP contribution in [0.3, 0.4) is 0 Å². The lowest BCUT2D eigenvalue weighted by Crippen LogP contribution is -2.35. The van der Waals surface area contributed by atoms with Gasteiger partial charge in [-0.25, -0.2) is 4.79 Å². The Kier molecular flexibility index (Phi) is 5.59. The van der Waals surface area contributed by atoms with E-state index in [0.29, 0.717) is 6.54 Å². The van der Waals surface area contributed by atoms with E-state index in [1.165, 1.54) is 5.56 Å². The third-order valence-electron chi connectivity index (χ3n) is 5.42. The summed E-state index contributed by atoms with van der Waals surface area (Å²) in [6.45, 7) is 4.70. The van der Waals surface area contributed by atoms with E-state index >= 15 is 0 Å². The molecule has 27 heavy (non-hydrogen) atoms. The molecule has 0 radical (unpaired) electrons. The second-order valence-corrected chi connectivity index (χ2v) is 7.12. The second kappa shape index (κ2) is 7.91. The molecule has 0 heterocycles. The van der Waals surface area contributed by atoms with Crippen LogP contribution in [0, 0.1) is 6.92 Å². The van der Waals surface area contributed by atoms with E-state index < -0.39 is 0 Å². The molecule has 1 aliphatic rings. The summed E-state index contributed by atoms with van der Waals surface area (Å²) in [6, 6.07) is 11.9. The van der Waals surface area contributed by atoms with Crippen molar-refractivity contribution in [3.8, 4) is 11.5 Å². The van der Waals surface area contributed by atoms with Gasteiger partial charge in [0.15, 0.2) is 11.5 Å². The quantitative estimate of drug-likeness (QED) is 0.760. The Hall–Kier alpha value is -2.69. The summed E-state index contributed by atoms with van der Waals surface area (Å²) >= 11 is 0. The fourth-order valence-electron chi connectivity index (χ4n) is 3.49. The van der Waals surface area contributed by atoms with E-state index in [2.05, 4.69) is 29.7 Å². The number of urea groups is 1. The number of anilines is 1. The summed E-state index contributed by atoms with van der Waals surface area (Å²) in [7, 11) is 3.27. The molecule has 1 aliphatic carbocycles. The van der Waals surface area contributed by atoms with Crippen molar-refractivity contribution < 1.29 is 14.3 Å². The molecule has 0 bridgehead atoms. The van der Waals surface area contributed by atoms with Crippen LogP contribution in [0.4, 0.5) is 10.5 Å². The van der Waals surface area contributed by atoms with E-state index in [0.717, 1.165) is 47.6 Å². The minimum absolute atomic E-state index is 0.0176. The van der Waals surface area contributed by atoms with Crippen LogP contribution in [0.5, 0.6) is 11.5 Å². The molecule has 2 N–H and O–H groups in total. The maximum Gasteiger partial charge on any atom is 0.319 e. The van der Waals surface area contributed by atoms with Crippen molar-refractivity contribution in [1.82, 2.24) is 5.32 Å². The fourth-order valence-corrected chi connectivity index (χ4v) is 3.49. The normalized spacial score (nSPS) is 14.4. The molecule has 5 nitrogen and oxygen atoms in total. The number of methoxy groups -OCH3 is 2. The van der Waals surface area contributed by atoms with Crippen LogP contribution in [0.2, 0.25) is 0 Å². The number of carbonyl (C=O) groups excluding carboxylic acids is 1. The summed E-state index contributed by atoms with van der Waals surface area (Å²) in [5, 5.41) is 6.08. The molecule has 1 saturated carbocycles. The SMILES string of the molecule is CCc1cccc(C)c1NC(=O)NCC1(c2ccc(OC)c(OC)c2)CC1. The van der Waals surface area contributed by atoms with Crippen molar-refractivity contribution in [3.05, 3.63) is 53.1 Å². The number of para-hydroxylation sites is 1. The molecule has 2 aromatic carbocycles. The molecule has 0 aromatic heterocycles. The number of benzene rings is 2. The van der Waals surface area contributed by atoms with E-state index in [1.54, 1.807) is 14.2 Å². The second-order valence-electron chi connectivity index (χ2n) is 7.12. The van der Waals surface area contributed by atoms with E-state index in [1.807, 2.05) is 31.2 Å². The van der Waals surface area contributed by atoms with Crippen LogP contribution in [-0.4, -0.2) is 26.8 Å². The highest BCUT2D eigenvalue weighted by Crippen LogP contribution is 2.49. The van der Waals surface area contributed by atoms with E-state index in [4.69, 9.17) is 9.47 Å². The Labute approximate surface area is 161 Å². The highest BCUT2D eigenvalue weighted by molar-refractivity contribution is 5.91. The molecule has 0 unspecified atom stereocenters. The number of carbonyl (C=O) groups is 1. The summed E-state index contributed by atoms with van der Waals surface area (Å²) < 4.78 is 10.7. The van der Waals surface area contributed by atoms with Crippen molar-refractivity contribution in [2.75, 3.05) is 26.1 Å². The fraction of sp³-hybridized carbons (Fsp3) is 0.409. The summed E-state index contributed by atoms with van der Waals surface area (Å²) in [5.74, 6) is 1.44. The van der Waals surface area contributed by atoms with Crippen molar-refractivity contribution >= 4 is 11.7 Å². The number of amides is 2. The average molecular weight is 368 g/mol. The standard InChI is InChI=1S/C22H28N2O3/c1-5-16-8-6-7-15(2)20(16)24-21(25)23-14-22(11-12-22)17-9-10-18(26-3)19(13-17)27-4/h6-10,13H,5,11-12,14H2,1-4H3,(H2,23,24,25). The minimum Gasteiger partial charge on any atom is -0.493 e. The number of ether oxygens (including phenoxy) is 2. The predicted octanol–water partition coefficient (Wildman–Crippen LogP) is 4.43. The van der Waals surface area contributed by atoms with Crippen LogP contribution in [0.1, 0.15) is 36.5 Å². The van der Waals surface area contributed by atoms with Gasteiger partial charge in [-0.05, 0) is 55.0 Å². The van der Waals surface area contributed by atoms with E-state index in [-0.39, 0.29) is 11.4 Å². The largest absolute Gasteiger partial charge is 0.493 e. The molecule has 3 rings (SSSR count). The van der Waals surface area contributed by atoms with Gasteiger partial charge in [-0.15, -0.1) is 0 Å². The third kappa shape index (κ3) is 4.02. The molecule has 2 amide bonds. The Morgan fingerprint density at radius 3 is 2.48 bits per heavy atom. The third-order valence-corrected chi connectivity index (χ3v) is 5.42. The topological polar surface area (TPSA) is 59.6 Å². The minimum atomic E-state index is -0.161. The number of hydrogen-bond acceptors (Lipinski definition) is 3. The molecular formula is C22H28N2O3. The zero-order chi connectivity index (χ0) is 19.4. The van der Waals surface area contributed by atoms with Crippen LogP contribution >= 0.6 is 0 Å². The van der Waals surface area contributed by atoms with Crippen molar-refractivity contribution in [3.63, 3.8) is 0 Å². The van der Waals surface area contributed by atoms with Gasteiger partial charge in [0.2, 0.25) is 0 Å². The number of rotatable bonds is 7. The zero-order valence-corrected chi connectivity index (χ0v) is 16.5. The Bertz CT molecular complexity index is 828. The Morgan fingerprint density at radius 1 is 1.11 bits per heavy atom. The van der Waals surface area contributed by atoms with Crippen LogP contribution < -0.4 is 20.1 Å². The van der Waals surface area contributed by atoms with Crippen molar-refractivity contribution in [2.45, 2.75) is 38.5 Å². The van der Waals surface area contributed by atoms with Gasteiger partial charge >= 0.3 is 6.03 Å². The Morgan fingerprint density at radius 2 is 1.85 bits per heavy atom. The molecule has 2 aromatic rings. The number of aryl methyl sites for hydroxylation is 2. The monoisotopic (exact) mass is 368 g/mol. The van der Waals surface area contributed by atoms with Gasteiger partial charge in [0, 0.05) is 17.6 Å². The van der Waals surface area contributed by atoms with Crippen LogP contribution in [-0.2, 0) is 11.8 Å². The van der Waals surface area contributed by atoms with Gasteiger partial charge in [0.1, 0.15) is 0 Å². The number of hydrogen-bond donors (Lipinski definition) is 2. The van der Waals surface area contributed by atoms with Gasteiger partial charge in [-0.3, -0.25) is 0 Å². The van der Waals surface area contributed by atoms with Gasteiger partial charge in [-0.1, -0.05) is 31.2 Å². The van der Waals surface area contributed by atoms with Crippen LogP contribution in [0.25, 0.3) is 0 Å². The number of nitrogens with one attached hydrogen (secondary N) is 2. The van der Waals surface area contributed by atoms with Crippen molar-refractivity contribution in [2.24, 2.45) is 0 Å². The predicted molar refractivity (Wildman–Crippen MR) is 108 cm³/mol. The first-order valence-electron chi connectivity index (χ1n) is 9.39. The maximum absolute atomic E-state index is 12.5. The zero-order valence-electron chi connectivity index (χ0n) is 16.5. The van der Waals surface area contributed by atoms with Crippen LogP contribution in [0.15, 0.2) is 36.4 Å². The van der Waals surface area contributed by atoms with Gasteiger partial charge in [-0.2, -0.15) is 0 Å². The lowest BCUT2D eigenvalue weighted by atomic mass is 9.95. The molecule has 1 fully saturated rings. The lowest BCUT2D eigenvalue weighted by molar-refractivity contribution is 0.251. The van der Waals surface area contributed by atoms with Gasteiger partial charge < -0.3 is 20.1 Å². The van der Waals surface area contributed by atoms with E-state index in [9.17, 15) is 4.79 Å². The van der Waals surface area contributed by atoms with Gasteiger partial charge in [0.05, 0.1) is 14.2 Å². The highest BCUT2D eigenvalue weighted by Gasteiger charge is 2.44.